The third-order valence-electron chi connectivity index (χ3n) is 3.64. The van der Waals surface area contributed by atoms with E-state index in [1.165, 1.54) is 38.0 Å². The van der Waals surface area contributed by atoms with Crippen LogP contribution in [0, 0.1) is 0 Å². The Morgan fingerprint density at radius 1 is 1.00 bits per heavy atom. The van der Waals surface area contributed by atoms with Crippen LogP contribution in [0.4, 0.5) is 22.9 Å². The molecule has 104 valence electrons. The minimum atomic E-state index is 0.715. The predicted octanol–water partition coefficient (Wildman–Crippen LogP) is 3.40. The molecule has 1 aromatic carbocycles. The van der Waals surface area contributed by atoms with Crippen molar-refractivity contribution in [2.75, 3.05) is 29.0 Å². The monoisotopic (exact) mass is 268 g/mol. The van der Waals surface area contributed by atoms with Gasteiger partial charge in [0.05, 0.1) is 0 Å². The Balaban J connectivity index is 1.69. The molecule has 3 rings (SSSR count). The third kappa shape index (κ3) is 3.02. The van der Waals surface area contributed by atoms with E-state index in [1.54, 1.807) is 12.3 Å². The van der Waals surface area contributed by atoms with Gasteiger partial charge in [0, 0.05) is 42.4 Å². The van der Waals surface area contributed by atoms with Gasteiger partial charge in [-0.2, -0.15) is 0 Å². The van der Waals surface area contributed by atoms with E-state index in [0.717, 1.165) is 11.5 Å². The summed E-state index contributed by atoms with van der Waals surface area (Å²) < 4.78 is 0. The quantitative estimate of drug-likeness (QED) is 0.896. The summed E-state index contributed by atoms with van der Waals surface area (Å²) in [7, 11) is 0. The molecule has 4 heteroatoms. The van der Waals surface area contributed by atoms with Gasteiger partial charge < -0.3 is 16.0 Å². The van der Waals surface area contributed by atoms with Crippen molar-refractivity contribution in [1.82, 2.24) is 4.98 Å². The Morgan fingerprint density at radius 2 is 1.75 bits per heavy atom. The summed E-state index contributed by atoms with van der Waals surface area (Å²) in [6.45, 7) is 2.34. The summed E-state index contributed by atoms with van der Waals surface area (Å²) in [5.74, 6) is 0.774. The van der Waals surface area contributed by atoms with Gasteiger partial charge in [-0.1, -0.05) is 0 Å². The lowest BCUT2D eigenvalue weighted by Gasteiger charge is -2.28. The number of hydrogen-bond donors (Lipinski definition) is 2. The Kier molecular flexibility index (Phi) is 3.72. The van der Waals surface area contributed by atoms with E-state index < -0.39 is 0 Å². The Hall–Kier alpha value is -2.23. The second-order valence-corrected chi connectivity index (χ2v) is 5.19. The van der Waals surface area contributed by atoms with Crippen molar-refractivity contribution in [1.29, 1.82) is 0 Å². The van der Waals surface area contributed by atoms with Crippen LogP contribution in [0.25, 0.3) is 0 Å². The smallest absolute Gasteiger partial charge is 0.132 e. The van der Waals surface area contributed by atoms with Crippen molar-refractivity contribution in [2.45, 2.75) is 19.3 Å². The number of anilines is 4. The highest BCUT2D eigenvalue weighted by molar-refractivity contribution is 5.62. The number of piperidine rings is 1. The zero-order valence-electron chi connectivity index (χ0n) is 11.5. The van der Waals surface area contributed by atoms with Gasteiger partial charge in [0.15, 0.2) is 0 Å². The van der Waals surface area contributed by atoms with Gasteiger partial charge in [-0.15, -0.1) is 0 Å². The van der Waals surface area contributed by atoms with Crippen LogP contribution in [0.1, 0.15) is 19.3 Å². The second-order valence-electron chi connectivity index (χ2n) is 5.19. The molecular formula is C16H20N4. The first-order chi connectivity index (χ1) is 9.81. The molecule has 20 heavy (non-hydrogen) atoms. The van der Waals surface area contributed by atoms with Gasteiger partial charge in [-0.3, -0.25) is 0 Å². The molecule has 4 nitrogen and oxygen atoms in total. The van der Waals surface area contributed by atoms with Crippen LogP contribution >= 0.6 is 0 Å². The summed E-state index contributed by atoms with van der Waals surface area (Å²) in [6.07, 6.45) is 5.66. The molecule has 2 aromatic rings. The zero-order chi connectivity index (χ0) is 13.8. The number of rotatable bonds is 3. The first-order valence-corrected chi connectivity index (χ1v) is 7.15. The third-order valence-corrected chi connectivity index (χ3v) is 3.64. The fourth-order valence-electron chi connectivity index (χ4n) is 2.57. The number of nitrogens with one attached hydrogen (secondary N) is 1. The van der Waals surface area contributed by atoms with Gasteiger partial charge in [-0.05, 0) is 49.6 Å². The molecular weight excluding hydrogens is 248 g/mol. The minimum absolute atomic E-state index is 0.715. The molecule has 0 unspecified atom stereocenters. The maximum absolute atomic E-state index is 5.75. The van der Waals surface area contributed by atoms with Crippen LogP contribution < -0.4 is 16.0 Å². The van der Waals surface area contributed by atoms with Crippen LogP contribution in [0.3, 0.4) is 0 Å². The van der Waals surface area contributed by atoms with Crippen LogP contribution in [0.15, 0.2) is 42.6 Å². The lowest BCUT2D eigenvalue weighted by Crippen LogP contribution is -2.29. The first-order valence-electron chi connectivity index (χ1n) is 7.15. The summed E-state index contributed by atoms with van der Waals surface area (Å²) in [4.78, 5) is 6.70. The van der Waals surface area contributed by atoms with E-state index in [0.29, 0.717) is 5.69 Å². The number of benzene rings is 1. The maximum atomic E-state index is 5.75. The fourth-order valence-corrected chi connectivity index (χ4v) is 2.57. The van der Waals surface area contributed by atoms with Crippen molar-refractivity contribution < 1.29 is 0 Å². The number of nitrogens with two attached hydrogens (primary N) is 1. The Labute approximate surface area is 119 Å². The average Bonchev–Trinajstić information content (AvgIpc) is 2.49. The number of nitrogens with zero attached hydrogens (tertiary/aromatic N) is 2. The standard InChI is InChI=1S/C16H20N4/c17-13-8-9-18-16(12-13)19-14-4-6-15(7-5-14)20-10-2-1-3-11-20/h4-9,12H,1-3,10-11H2,(H3,17,18,19). The van der Waals surface area contributed by atoms with Crippen LogP contribution in [-0.2, 0) is 0 Å². The SMILES string of the molecule is Nc1ccnc(Nc2ccc(N3CCCCC3)cc2)c1. The molecule has 1 aliphatic heterocycles. The summed E-state index contributed by atoms with van der Waals surface area (Å²) in [6, 6.07) is 12.1. The Morgan fingerprint density at radius 3 is 2.45 bits per heavy atom. The molecule has 1 fully saturated rings. The van der Waals surface area contributed by atoms with Gasteiger partial charge in [0.25, 0.3) is 0 Å². The minimum Gasteiger partial charge on any atom is -0.399 e. The van der Waals surface area contributed by atoms with E-state index in [1.807, 2.05) is 6.07 Å². The molecule has 0 spiro atoms. The second kappa shape index (κ2) is 5.82. The molecule has 0 bridgehead atoms. The molecule has 0 aliphatic carbocycles. The average molecular weight is 268 g/mol. The van der Waals surface area contributed by atoms with Gasteiger partial charge in [0.2, 0.25) is 0 Å². The Bertz CT molecular complexity index is 559. The first kappa shape index (κ1) is 12.8. The highest BCUT2D eigenvalue weighted by Gasteiger charge is 2.10. The van der Waals surface area contributed by atoms with Gasteiger partial charge in [0.1, 0.15) is 5.82 Å². The molecule has 2 heterocycles. The van der Waals surface area contributed by atoms with E-state index >= 15 is 0 Å². The number of hydrogen-bond acceptors (Lipinski definition) is 4. The van der Waals surface area contributed by atoms with Gasteiger partial charge >= 0.3 is 0 Å². The highest BCUT2D eigenvalue weighted by atomic mass is 15.1. The number of aromatic nitrogens is 1. The molecule has 1 aliphatic rings. The van der Waals surface area contributed by atoms with E-state index in [-0.39, 0.29) is 0 Å². The van der Waals surface area contributed by atoms with Crippen LogP contribution in [0.5, 0.6) is 0 Å². The zero-order valence-corrected chi connectivity index (χ0v) is 11.5. The topological polar surface area (TPSA) is 54.2 Å². The van der Waals surface area contributed by atoms with Crippen LogP contribution in [0.2, 0.25) is 0 Å². The lowest BCUT2D eigenvalue weighted by molar-refractivity contribution is 0.578. The van der Waals surface area contributed by atoms with Crippen molar-refractivity contribution in [3.05, 3.63) is 42.6 Å². The predicted molar refractivity (Wildman–Crippen MR) is 84.4 cm³/mol. The summed E-state index contributed by atoms with van der Waals surface area (Å²) in [5, 5.41) is 3.27. The molecule has 0 atom stereocenters. The van der Waals surface area contributed by atoms with Crippen molar-refractivity contribution >= 4 is 22.9 Å². The number of nitrogen functional groups attached to an aromatic ring is 1. The van der Waals surface area contributed by atoms with Gasteiger partial charge in [-0.25, -0.2) is 4.98 Å². The normalized spacial score (nSPS) is 15.1. The van der Waals surface area contributed by atoms with E-state index in [2.05, 4.69) is 39.5 Å². The highest BCUT2D eigenvalue weighted by Crippen LogP contribution is 2.23. The largest absolute Gasteiger partial charge is 0.399 e. The molecule has 3 N–H and O–H groups in total. The van der Waals surface area contributed by atoms with E-state index in [9.17, 15) is 0 Å². The van der Waals surface area contributed by atoms with Crippen molar-refractivity contribution in [3.8, 4) is 0 Å². The summed E-state index contributed by atoms with van der Waals surface area (Å²) in [5.41, 5.74) is 8.80. The van der Waals surface area contributed by atoms with Crippen LogP contribution in [-0.4, -0.2) is 18.1 Å². The molecule has 1 saturated heterocycles. The maximum Gasteiger partial charge on any atom is 0.132 e. The summed E-state index contributed by atoms with van der Waals surface area (Å²) >= 11 is 0. The molecule has 0 radical (unpaired) electrons. The fraction of sp³-hybridized carbons (Fsp3) is 0.312. The lowest BCUT2D eigenvalue weighted by atomic mass is 10.1. The molecule has 0 saturated carbocycles. The number of pyridine rings is 1. The molecule has 0 amide bonds. The molecule has 1 aromatic heterocycles. The van der Waals surface area contributed by atoms with E-state index in [4.69, 9.17) is 5.73 Å². The van der Waals surface area contributed by atoms with Crippen molar-refractivity contribution in [2.24, 2.45) is 0 Å². The van der Waals surface area contributed by atoms with Crippen molar-refractivity contribution in [3.63, 3.8) is 0 Å².